The van der Waals surface area contributed by atoms with Gasteiger partial charge < -0.3 is 38.3 Å². The zero-order chi connectivity index (χ0) is 31.1. The lowest BCUT2D eigenvalue weighted by Gasteiger charge is -2.32. The third kappa shape index (κ3) is 12.0. The minimum Gasteiger partial charge on any atom is -0.512 e. The van der Waals surface area contributed by atoms with Gasteiger partial charge in [0.2, 0.25) is 0 Å². The summed E-state index contributed by atoms with van der Waals surface area (Å²) in [5, 5.41) is 0. The Morgan fingerprint density at radius 3 is 0.829 bits per heavy atom. The van der Waals surface area contributed by atoms with E-state index in [2.05, 4.69) is 151 Å². The van der Waals surface area contributed by atoms with Gasteiger partial charge in [-0.2, -0.15) is 0 Å². The first-order valence-electron chi connectivity index (χ1n) is 14.5. The zero-order valence-electron chi connectivity index (χ0n) is 28.6. The Bertz CT molecular complexity index is 968. The molecule has 9 heteroatoms. The van der Waals surface area contributed by atoms with Crippen molar-refractivity contribution in [2.24, 2.45) is 0 Å². The number of nitrogens with zero attached hydrogens (tertiary/aromatic N) is 6. The molecule has 0 aliphatic rings. The summed E-state index contributed by atoms with van der Waals surface area (Å²) in [7, 11) is 22.7. The average molecular weight is 587 g/mol. The van der Waals surface area contributed by atoms with Gasteiger partial charge in [0.15, 0.2) is 0 Å². The molecule has 0 radical (unpaired) electrons. The highest BCUT2D eigenvalue weighted by Gasteiger charge is 2.34. The molecule has 0 aliphatic carbocycles. The maximum absolute atomic E-state index is 7.06. The normalized spacial score (nSPS) is 12.6. The van der Waals surface area contributed by atoms with Crippen LogP contribution in [-0.2, 0) is 39.3 Å². The fourth-order valence-electron chi connectivity index (χ4n) is 5.17. The van der Waals surface area contributed by atoms with Gasteiger partial charge in [-0.3, -0.25) is 0 Å². The van der Waals surface area contributed by atoms with Gasteiger partial charge in [0.1, 0.15) is 11.5 Å². The fraction of sp³-hybridized carbons (Fsp3) is 0.625. The van der Waals surface area contributed by atoms with E-state index in [1.807, 2.05) is 0 Å². The highest BCUT2D eigenvalue weighted by atomic mass is 28.4. The summed E-state index contributed by atoms with van der Waals surface area (Å²) in [6.07, 6.45) is 0. The molecule has 2 aromatic carbocycles. The lowest BCUT2D eigenvalue weighted by atomic mass is 10.0. The Balaban J connectivity index is 2.64. The van der Waals surface area contributed by atoms with Crippen LogP contribution in [0, 0.1) is 0 Å². The summed E-state index contributed by atoms with van der Waals surface area (Å²) in [5.41, 5.74) is 7.43. The third-order valence-electron chi connectivity index (χ3n) is 6.24. The van der Waals surface area contributed by atoms with Gasteiger partial charge in [-0.15, -0.1) is 0 Å². The van der Waals surface area contributed by atoms with Gasteiger partial charge in [-0.05, 0) is 120 Å². The lowest BCUT2D eigenvalue weighted by Crippen LogP contribution is -2.43. The van der Waals surface area contributed by atoms with Crippen molar-refractivity contribution in [2.75, 3.05) is 84.6 Å². The van der Waals surface area contributed by atoms with Crippen molar-refractivity contribution < 1.29 is 8.85 Å². The molecule has 0 saturated carbocycles. The van der Waals surface area contributed by atoms with E-state index in [-0.39, 0.29) is 0 Å². The molecule has 8 nitrogen and oxygen atoms in total. The van der Waals surface area contributed by atoms with Crippen LogP contribution >= 0.6 is 0 Å². The van der Waals surface area contributed by atoms with Crippen LogP contribution in [-0.4, -0.2) is 123 Å². The smallest absolute Gasteiger partial charge is 0.454 e. The quantitative estimate of drug-likeness (QED) is 0.271. The number of hydrogen-bond acceptors (Lipinski definition) is 8. The van der Waals surface area contributed by atoms with Crippen molar-refractivity contribution in [3.63, 3.8) is 0 Å². The maximum atomic E-state index is 7.06. The van der Waals surface area contributed by atoms with Gasteiger partial charge in [-0.1, -0.05) is 0 Å². The van der Waals surface area contributed by atoms with Crippen LogP contribution in [0.25, 0.3) is 0 Å². The molecule has 0 amide bonds. The number of hydrogen-bond donors (Lipinski definition) is 0. The molecule has 0 heterocycles. The van der Waals surface area contributed by atoms with Gasteiger partial charge >= 0.3 is 8.56 Å². The molecule has 2 rings (SSSR count). The van der Waals surface area contributed by atoms with Gasteiger partial charge in [0.05, 0.1) is 0 Å². The summed E-state index contributed by atoms with van der Waals surface area (Å²) in [4.78, 5) is 13.3. The zero-order valence-corrected chi connectivity index (χ0v) is 29.6. The van der Waals surface area contributed by atoms with E-state index in [4.69, 9.17) is 8.85 Å². The largest absolute Gasteiger partial charge is 0.512 e. The van der Waals surface area contributed by atoms with E-state index in [1.165, 1.54) is 33.4 Å². The van der Waals surface area contributed by atoms with E-state index in [0.29, 0.717) is 0 Å². The molecule has 0 N–H and O–H groups in total. The molecule has 0 bridgehead atoms. The Kier molecular flexibility index (Phi) is 13.3. The minimum atomic E-state index is -2.71. The van der Waals surface area contributed by atoms with Crippen molar-refractivity contribution in [3.05, 3.63) is 57.6 Å². The highest BCUT2D eigenvalue weighted by Crippen LogP contribution is 2.35. The maximum Gasteiger partial charge on any atom is 0.454 e. The van der Waals surface area contributed by atoms with Crippen molar-refractivity contribution in [1.82, 2.24) is 29.4 Å². The number of rotatable bonds is 16. The molecule has 2 aromatic rings. The first kappa shape index (κ1) is 35.2. The lowest BCUT2D eigenvalue weighted by molar-refractivity contribution is 0.343. The monoisotopic (exact) mass is 586 g/mol. The fourth-order valence-corrected chi connectivity index (χ4v) is 6.72. The van der Waals surface area contributed by atoms with E-state index in [0.717, 1.165) is 50.8 Å². The first-order valence-corrected chi connectivity index (χ1v) is 17.3. The molecule has 0 fully saturated rings. The predicted molar refractivity (Wildman–Crippen MR) is 176 cm³/mol. The topological polar surface area (TPSA) is 37.9 Å². The predicted octanol–water partition coefficient (Wildman–Crippen LogP) is 4.22. The van der Waals surface area contributed by atoms with Crippen molar-refractivity contribution in [3.8, 4) is 11.5 Å². The summed E-state index contributed by atoms with van der Waals surface area (Å²) in [6, 6.07) is 9.24. The molecule has 0 saturated heterocycles. The van der Waals surface area contributed by atoms with E-state index >= 15 is 0 Å². The molecular formula is C32H58N6O2Si. The van der Waals surface area contributed by atoms with Crippen molar-refractivity contribution in [1.29, 1.82) is 0 Å². The van der Waals surface area contributed by atoms with Crippen LogP contribution < -0.4 is 8.85 Å². The summed E-state index contributed by atoms with van der Waals surface area (Å²) < 4.78 is 14.1. The Hall–Kier alpha value is -1.98. The van der Waals surface area contributed by atoms with Crippen LogP contribution in [0.1, 0.15) is 33.4 Å². The van der Waals surface area contributed by atoms with Crippen molar-refractivity contribution in [2.45, 2.75) is 52.4 Å². The highest BCUT2D eigenvalue weighted by molar-refractivity contribution is 6.66. The van der Waals surface area contributed by atoms with Gasteiger partial charge in [0, 0.05) is 74.6 Å². The van der Waals surface area contributed by atoms with Crippen LogP contribution in [0.15, 0.2) is 24.3 Å². The van der Waals surface area contributed by atoms with Crippen LogP contribution in [0.5, 0.6) is 11.5 Å². The first-order chi connectivity index (χ1) is 19.0. The summed E-state index contributed by atoms with van der Waals surface area (Å²) >= 11 is 0. The molecule has 41 heavy (non-hydrogen) atoms. The Morgan fingerprint density at radius 1 is 0.415 bits per heavy atom. The molecule has 0 spiro atoms. The summed E-state index contributed by atoms with van der Waals surface area (Å²) in [6.45, 7) is 9.34. The molecule has 0 atom stereocenters. The second-order valence-electron chi connectivity index (χ2n) is 13.5. The minimum absolute atomic E-state index is 0.804. The molecule has 232 valence electrons. The van der Waals surface area contributed by atoms with E-state index in [9.17, 15) is 0 Å². The van der Waals surface area contributed by atoms with Crippen LogP contribution in [0.2, 0.25) is 13.1 Å². The van der Waals surface area contributed by atoms with Crippen molar-refractivity contribution >= 4 is 8.56 Å². The molecular weight excluding hydrogens is 528 g/mol. The second-order valence-corrected chi connectivity index (χ2v) is 16.7. The SMILES string of the molecule is CN(C)Cc1cc(CN(C)C)c(O[Si](C)(C)Oc2c(CN(C)C)cc(CN(C)C)cc2CN(C)C)c(CN(C)C)c1. The van der Waals surface area contributed by atoms with E-state index < -0.39 is 8.56 Å². The average Bonchev–Trinajstić information content (AvgIpc) is 2.76. The van der Waals surface area contributed by atoms with Crippen LogP contribution in [0.3, 0.4) is 0 Å². The number of benzene rings is 2. The molecule has 0 unspecified atom stereocenters. The Morgan fingerprint density at radius 2 is 0.634 bits per heavy atom. The van der Waals surface area contributed by atoms with E-state index in [1.54, 1.807) is 0 Å². The van der Waals surface area contributed by atoms with Gasteiger partial charge in [-0.25, -0.2) is 0 Å². The van der Waals surface area contributed by atoms with Gasteiger partial charge in [0.25, 0.3) is 0 Å². The molecule has 0 aromatic heterocycles. The molecule has 0 aliphatic heterocycles. The standard InChI is InChI=1S/C32H58N6O2Si/c1-33(2)19-25-15-27(21-35(5)6)31(28(16-25)22-36(7)8)39-41(13,14)40-32-29(23-37(9)10)17-26(20-34(3)4)18-30(32)24-38(11)12/h15-18H,19-24H2,1-14H3. The van der Waals surface area contributed by atoms with Crippen LogP contribution in [0.4, 0.5) is 0 Å². The summed E-state index contributed by atoms with van der Waals surface area (Å²) in [5.74, 6) is 1.94. The Labute approximate surface area is 252 Å². The third-order valence-corrected chi connectivity index (χ3v) is 7.64. The second kappa shape index (κ2) is 15.5.